The lowest BCUT2D eigenvalue weighted by Gasteiger charge is -2.35. The fourth-order valence-corrected chi connectivity index (χ4v) is 2.70. The number of carbonyl (C=O) groups is 1. The quantitative estimate of drug-likeness (QED) is 0.845. The molecule has 1 heterocycles. The Hall–Kier alpha value is -1.35. The Labute approximate surface area is 116 Å². The summed E-state index contributed by atoms with van der Waals surface area (Å²) < 4.78 is 0. The summed E-state index contributed by atoms with van der Waals surface area (Å²) in [5.74, 6) is 0.137. The highest BCUT2D eigenvalue weighted by atomic mass is 16.1. The minimum atomic E-state index is 0.137. The summed E-state index contributed by atoms with van der Waals surface area (Å²) in [6, 6.07) is 9.16. The molecule has 3 heteroatoms. The van der Waals surface area contributed by atoms with E-state index in [4.69, 9.17) is 0 Å². The highest BCUT2D eigenvalue weighted by molar-refractivity contribution is 5.94. The maximum Gasteiger partial charge on any atom is 0.159 e. The van der Waals surface area contributed by atoms with Gasteiger partial charge >= 0.3 is 0 Å². The molecule has 0 amide bonds. The van der Waals surface area contributed by atoms with Gasteiger partial charge in [-0.1, -0.05) is 26.0 Å². The molecule has 0 unspecified atom stereocenters. The van der Waals surface area contributed by atoms with Gasteiger partial charge in [-0.05, 0) is 31.9 Å². The molecule has 2 rings (SSSR count). The highest BCUT2D eigenvalue weighted by Crippen LogP contribution is 2.21. The molecule has 1 aromatic rings. The van der Waals surface area contributed by atoms with E-state index in [0.29, 0.717) is 12.1 Å². The van der Waals surface area contributed by atoms with E-state index in [0.717, 1.165) is 18.7 Å². The molecule has 0 aromatic heterocycles. The van der Waals surface area contributed by atoms with E-state index < -0.39 is 0 Å². The van der Waals surface area contributed by atoms with Gasteiger partial charge in [0.05, 0.1) is 0 Å². The molecule has 1 aromatic carbocycles. The van der Waals surface area contributed by atoms with Crippen molar-refractivity contribution in [2.24, 2.45) is 0 Å². The predicted molar refractivity (Wildman–Crippen MR) is 80.0 cm³/mol. The number of hydrogen-bond acceptors (Lipinski definition) is 3. The van der Waals surface area contributed by atoms with Crippen molar-refractivity contribution in [1.82, 2.24) is 5.32 Å². The summed E-state index contributed by atoms with van der Waals surface area (Å²) in [7, 11) is 0. The fourth-order valence-electron chi connectivity index (χ4n) is 2.70. The molecule has 1 aliphatic heterocycles. The molecule has 0 bridgehead atoms. The van der Waals surface area contributed by atoms with Crippen LogP contribution in [0.25, 0.3) is 0 Å². The number of nitrogens with zero attached hydrogens (tertiary/aromatic N) is 1. The molecule has 0 radical (unpaired) electrons. The van der Waals surface area contributed by atoms with Crippen molar-refractivity contribution in [2.75, 3.05) is 18.0 Å². The lowest BCUT2D eigenvalue weighted by molar-refractivity contribution is 0.101. The van der Waals surface area contributed by atoms with Crippen LogP contribution in [0.1, 0.15) is 44.0 Å². The van der Waals surface area contributed by atoms with Crippen molar-refractivity contribution in [3.8, 4) is 0 Å². The van der Waals surface area contributed by atoms with Crippen molar-refractivity contribution in [2.45, 2.75) is 45.7 Å². The zero-order chi connectivity index (χ0) is 13.8. The number of hydrogen-bond donors (Lipinski definition) is 1. The summed E-state index contributed by atoms with van der Waals surface area (Å²) in [5, 5.41) is 3.60. The van der Waals surface area contributed by atoms with Crippen LogP contribution in [0.3, 0.4) is 0 Å². The van der Waals surface area contributed by atoms with Gasteiger partial charge < -0.3 is 10.2 Å². The largest absolute Gasteiger partial charge is 0.371 e. The van der Waals surface area contributed by atoms with Gasteiger partial charge in [-0.25, -0.2) is 0 Å². The third-order valence-electron chi connectivity index (χ3n) is 3.68. The zero-order valence-corrected chi connectivity index (χ0v) is 12.1. The Morgan fingerprint density at radius 3 is 2.58 bits per heavy atom. The Morgan fingerprint density at radius 1 is 1.32 bits per heavy atom. The van der Waals surface area contributed by atoms with Gasteiger partial charge in [0, 0.05) is 36.4 Å². The number of nitrogens with one attached hydrogen (secondary N) is 1. The van der Waals surface area contributed by atoms with E-state index in [1.54, 1.807) is 6.92 Å². The predicted octanol–water partition coefficient (Wildman–Crippen LogP) is 2.86. The van der Waals surface area contributed by atoms with Crippen molar-refractivity contribution in [3.63, 3.8) is 0 Å². The Bertz CT molecular complexity index is 434. The molecule has 0 aliphatic carbocycles. The standard InChI is InChI=1S/C16H24N2O/c1-12(2)17-15-7-9-18(10-8-15)16-6-4-5-14(11-16)13(3)19/h4-6,11-12,15,17H,7-10H2,1-3H3. The average molecular weight is 260 g/mol. The van der Waals surface area contributed by atoms with Gasteiger partial charge in [0.1, 0.15) is 0 Å². The normalized spacial score (nSPS) is 16.9. The molecule has 3 nitrogen and oxygen atoms in total. The average Bonchev–Trinajstić information content (AvgIpc) is 2.39. The number of ketones is 1. The topological polar surface area (TPSA) is 32.3 Å². The van der Waals surface area contributed by atoms with Crippen LogP contribution in [0.15, 0.2) is 24.3 Å². The molecule has 0 saturated carbocycles. The second kappa shape index (κ2) is 6.20. The van der Waals surface area contributed by atoms with Crippen LogP contribution in [-0.4, -0.2) is 31.0 Å². The first kappa shape index (κ1) is 14.1. The van der Waals surface area contributed by atoms with Crippen LogP contribution >= 0.6 is 0 Å². The van der Waals surface area contributed by atoms with Gasteiger partial charge in [0.2, 0.25) is 0 Å². The number of piperidine rings is 1. The highest BCUT2D eigenvalue weighted by Gasteiger charge is 2.19. The minimum Gasteiger partial charge on any atom is -0.371 e. The first-order chi connectivity index (χ1) is 9.06. The molecular weight excluding hydrogens is 236 g/mol. The summed E-state index contributed by atoms with van der Waals surface area (Å²) >= 11 is 0. The van der Waals surface area contributed by atoms with E-state index >= 15 is 0 Å². The van der Waals surface area contributed by atoms with Crippen LogP contribution in [0.2, 0.25) is 0 Å². The van der Waals surface area contributed by atoms with E-state index in [1.807, 2.05) is 18.2 Å². The summed E-state index contributed by atoms with van der Waals surface area (Å²) in [4.78, 5) is 13.8. The summed E-state index contributed by atoms with van der Waals surface area (Å²) in [6.07, 6.45) is 2.34. The van der Waals surface area contributed by atoms with Crippen LogP contribution in [0.4, 0.5) is 5.69 Å². The van der Waals surface area contributed by atoms with E-state index in [1.165, 1.54) is 18.5 Å². The molecule has 1 fully saturated rings. The molecule has 1 N–H and O–H groups in total. The molecule has 0 spiro atoms. The molecular formula is C16H24N2O. The molecule has 1 saturated heterocycles. The first-order valence-electron chi connectivity index (χ1n) is 7.18. The molecule has 19 heavy (non-hydrogen) atoms. The second-order valence-electron chi connectivity index (χ2n) is 5.69. The Balaban J connectivity index is 1.97. The van der Waals surface area contributed by atoms with Crippen LogP contribution in [0.5, 0.6) is 0 Å². The van der Waals surface area contributed by atoms with Crippen LogP contribution in [0, 0.1) is 0 Å². The number of anilines is 1. The van der Waals surface area contributed by atoms with Crippen molar-refractivity contribution in [3.05, 3.63) is 29.8 Å². The van der Waals surface area contributed by atoms with Crippen LogP contribution < -0.4 is 10.2 Å². The van der Waals surface area contributed by atoms with Crippen molar-refractivity contribution >= 4 is 11.5 Å². The lowest BCUT2D eigenvalue weighted by Crippen LogP contribution is -2.44. The van der Waals surface area contributed by atoms with Gasteiger partial charge in [0.25, 0.3) is 0 Å². The second-order valence-corrected chi connectivity index (χ2v) is 5.69. The van der Waals surface area contributed by atoms with Crippen molar-refractivity contribution < 1.29 is 4.79 Å². The van der Waals surface area contributed by atoms with Gasteiger partial charge in [0.15, 0.2) is 5.78 Å². The van der Waals surface area contributed by atoms with Gasteiger partial charge in [-0.2, -0.15) is 0 Å². The Morgan fingerprint density at radius 2 is 2.00 bits per heavy atom. The van der Waals surface area contributed by atoms with Gasteiger partial charge in [-0.3, -0.25) is 4.79 Å². The fraction of sp³-hybridized carbons (Fsp3) is 0.562. The molecule has 1 aliphatic rings. The van der Waals surface area contributed by atoms with Crippen molar-refractivity contribution in [1.29, 1.82) is 0 Å². The Kier molecular flexibility index (Phi) is 4.59. The van der Waals surface area contributed by atoms with E-state index in [-0.39, 0.29) is 5.78 Å². The third kappa shape index (κ3) is 3.80. The van der Waals surface area contributed by atoms with E-state index in [9.17, 15) is 4.79 Å². The first-order valence-corrected chi connectivity index (χ1v) is 7.18. The number of Topliss-reactive ketones (excluding diaryl/α,β-unsaturated/α-hetero) is 1. The van der Waals surface area contributed by atoms with Gasteiger partial charge in [-0.15, -0.1) is 0 Å². The number of rotatable bonds is 4. The monoisotopic (exact) mass is 260 g/mol. The SMILES string of the molecule is CC(=O)c1cccc(N2CCC(NC(C)C)CC2)c1. The number of carbonyl (C=O) groups excluding carboxylic acids is 1. The zero-order valence-electron chi connectivity index (χ0n) is 12.1. The lowest BCUT2D eigenvalue weighted by atomic mass is 10.0. The smallest absolute Gasteiger partial charge is 0.159 e. The molecule has 0 atom stereocenters. The third-order valence-corrected chi connectivity index (χ3v) is 3.68. The summed E-state index contributed by atoms with van der Waals surface area (Å²) in [6.45, 7) is 8.14. The van der Waals surface area contributed by atoms with E-state index in [2.05, 4.69) is 30.1 Å². The maximum atomic E-state index is 11.4. The summed E-state index contributed by atoms with van der Waals surface area (Å²) in [5.41, 5.74) is 1.98. The minimum absolute atomic E-state index is 0.137. The number of benzene rings is 1. The maximum absolute atomic E-state index is 11.4. The van der Waals surface area contributed by atoms with Crippen LogP contribution in [-0.2, 0) is 0 Å². The molecule has 104 valence electrons.